The first kappa shape index (κ1) is 18.0. The van der Waals surface area contributed by atoms with E-state index in [1.54, 1.807) is 24.3 Å². The van der Waals surface area contributed by atoms with Gasteiger partial charge in [0, 0.05) is 17.3 Å². The molecule has 2 aromatic carbocycles. The largest absolute Gasteiger partial charge is 0.490 e. The van der Waals surface area contributed by atoms with Crippen LogP contribution in [0.25, 0.3) is 0 Å². The van der Waals surface area contributed by atoms with Gasteiger partial charge in [0.1, 0.15) is 12.4 Å². The van der Waals surface area contributed by atoms with Gasteiger partial charge in [-0.3, -0.25) is 9.69 Å². The number of benzene rings is 2. The maximum atomic E-state index is 12.1. The van der Waals surface area contributed by atoms with Crippen LogP contribution in [0.5, 0.6) is 5.75 Å². The lowest BCUT2D eigenvalue weighted by atomic mass is 10.2. The third kappa shape index (κ3) is 6.07. The van der Waals surface area contributed by atoms with Gasteiger partial charge in [-0.05, 0) is 42.9 Å². The zero-order chi connectivity index (χ0) is 17.4. The van der Waals surface area contributed by atoms with Gasteiger partial charge in [-0.15, -0.1) is 0 Å². The van der Waals surface area contributed by atoms with Crippen molar-refractivity contribution in [2.24, 2.45) is 0 Å². The fraction of sp³-hybridized carbons (Fsp3) is 0.211. The van der Waals surface area contributed by atoms with Crippen molar-refractivity contribution in [3.05, 3.63) is 71.8 Å². The molecule has 0 atom stereocenters. The fourth-order valence-corrected chi connectivity index (χ4v) is 2.42. The number of halogens is 1. The van der Waals surface area contributed by atoms with Crippen LogP contribution in [0.4, 0.5) is 5.69 Å². The average Bonchev–Trinajstić information content (AvgIpc) is 2.54. The molecule has 0 radical (unpaired) electrons. The maximum Gasteiger partial charge on any atom is 0.238 e. The van der Waals surface area contributed by atoms with Crippen LogP contribution in [0, 0.1) is 0 Å². The predicted octanol–water partition coefficient (Wildman–Crippen LogP) is 3.98. The van der Waals surface area contributed by atoms with Crippen LogP contribution in [0.2, 0.25) is 5.02 Å². The van der Waals surface area contributed by atoms with Crippen LogP contribution in [-0.2, 0) is 11.3 Å². The Labute approximate surface area is 147 Å². The second-order valence-corrected chi connectivity index (χ2v) is 5.91. The topological polar surface area (TPSA) is 41.6 Å². The Morgan fingerprint density at radius 2 is 2.04 bits per heavy atom. The number of anilines is 1. The van der Waals surface area contributed by atoms with Gasteiger partial charge in [0.2, 0.25) is 5.91 Å². The van der Waals surface area contributed by atoms with Gasteiger partial charge in [0.25, 0.3) is 0 Å². The molecule has 2 aromatic rings. The van der Waals surface area contributed by atoms with Crippen molar-refractivity contribution >= 4 is 23.2 Å². The van der Waals surface area contributed by atoms with Gasteiger partial charge in [-0.1, -0.05) is 42.5 Å². The van der Waals surface area contributed by atoms with E-state index in [9.17, 15) is 4.79 Å². The monoisotopic (exact) mass is 344 g/mol. The summed E-state index contributed by atoms with van der Waals surface area (Å²) >= 11 is 5.91. The third-order valence-corrected chi connectivity index (χ3v) is 3.50. The minimum absolute atomic E-state index is 0.0781. The third-order valence-electron chi connectivity index (χ3n) is 3.27. The Hall–Kier alpha value is -2.30. The van der Waals surface area contributed by atoms with Gasteiger partial charge in [0.05, 0.1) is 6.54 Å². The van der Waals surface area contributed by atoms with E-state index in [1.165, 1.54) is 0 Å². The first-order valence-electron chi connectivity index (χ1n) is 7.63. The van der Waals surface area contributed by atoms with Gasteiger partial charge in [0.15, 0.2) is 0 Å². The van der Waals surface area contributed by atoms with Gasteiger partial charge in [-0.2, -0.15) is 0 Å². The molecule has 0 aliphatic carbocycles. The first-order chi connectivity index (χ1) is 11.6. The summed E-state index contributed by atoms with van der Waals surface area (Å²) in [7, 11) is 1.90. The lowest BCUT2D eigenvalue weighted by Gasteiger charge is -2.16. The molecular formula is C19H21ClN2O2. The van der Waals surface area contributed by atoms with Crippen molar-refractivity contribution < 1.29 is 9.53 Å². The number of amides is 1. The zero-order valence-electron chi connectivity index (χ0n) is 13.7. The quantitative estimate of drug-likeness (QED) is 0.736. The van der Waals surface area contributed by atoms with Crippen LogP contribution >= 0.6 is 11.6 Å². The van der Waals surface area contributed by atoms with E-state index in [4.69, 9.17) is 16.3 Å². The van der Waals surface area contributed by atoms with E-state index in [1.807, 2.05) is 42.3 Å². The van der Waals surface area contributed by atoms with Crippen LogP contribution in [0.3, 0.4) is 0 Å². The van der Waals surface area contributed by atoms with E-state index in [0.29, 0.717) is 30.4 Å². The Balaban J connectivity index is 1.82. The van der Waals surface area contributed by atoms with E-state index >= 15 is 0 Å². The molecule has 0 aliphatic rings. The maximum absolute atomic E-state index is 12.1. The summed E-state index contributed by atoms with van der Waals surface area (Å²) in [5.41, 5.74) is 1.81. The van der Waals surface area contributed by atoms with Crippen molar-refractivity contribution in [1.82, 2.24) is 4.90 Å². The van der Waals surface area contributed by atoms with Crippen LogP contribution in [0.1, 0.15) is 5.56 Å². The summed E-state index contributed by atoms with van der Waals surface area (Å²) in [6.45, 7) is 5.07. The minimum Gasteiger partial charge on any atom is -0.490 e. The molecule has 126 valence electrons. The molecule has 0 aliphatic heterocycles. The standard InChI is InChI=1S/C19H21ClN2O2/c1-3-11-24-18-9-7-15(8-10-18)13-22(2)14-19(23)21-17-6-4-5-16(20)12-17/h3-10,12H,1,11,13-14H2,2H3,(H,21,23). The van der Waals surface area contributed by atoms with Gasteiger partial charge in [-0.25, -0.2) is 0 Å². The van der Waals surface area contributed by atoms with Crippen LogP contribution in [0.15, 0.2) is 61.2 Å². The molecule has 5 heteroatoms. The Bertz CT molecular complexity index is 686. The van der Waals surface area contributed by atoms with Crippen molar-refractivity contribution in [3.8, 4) is 5.75 Å². The van der Waals surface area contributed by atoms with Crippen molar-refractivity contribution in [2.45, 2.75) is 6.54 Å². The molecule has 2 rings (SSSR count). The highest BCUT2D eigenvalue weighted by Gasteiger charge is 2.08. The smallest absolute Gasteiger partial charge is 0.238 e. The van der Waals surface area contributed by atoms with E-state index < -0.39 is 0 Å². The van der Waals surface area contributed by atoms with E-state index in [0.717, 1.165) is 11.3 Å². The second kappa shape index (κ2) is 9.11. The van der Waals surface area contributed by atoms with Crippen molar-refractivity contribution in [1.29, 1.82) is 0 Å². The van der Waals surface area contributed by atoms with Crippen LogP contribution < -0.4 is 10.1 Å². The van der Waals surface area contributed by atoms with E-state index in [-0.39, 0.29) is 5.91 Å². The lowest BCUT2D eigenvalue weighted by Crippen LogP contribution is -2.29. The van der Waals surface area contributed by atoms with Crippen molar-refractivity contribution in [3.63, 3.8) is 0 Å². The summed E-state index contributed by atoms with van der Waals surface area (Å²) in [5, 5.41) is 3.43. The zero-order valence-corrected chi connectivity index (χ0v) is 14.4. The number of rotatable bonds is 8. The Morgan fingerprint density at radius 1 is 1.29 bits per heavy atom. The highest BCUT2D eigenvalue weighted by Crippen LogP contribution is 2.15. The summed E-state index contributed by atoms with van der Waals surface area (Å²) in [6.07, 6.45) is 1.71. The molecule has 0 aromatic heterocycles. The molecule has 0 spiro atoms. The molecule has 1 amide bonds. The number of hydrogen-bond acceptors (Lipinski definition) is 3. The number of carbonyl (C=O) groups is 1. The van der Waals surface area contributed by atoms with Gasteiger partial charge < -0.3 is 10.1 Å². The van der Waals surface area contributed by atoms with Gasteiger partial charge >= 0.3 is 0 Å². The molecule has 0 bridgehead atoms. The molecule has 0 unspecified atom stereocenters. The summed E-state index contributed by atoms with van der Waals surface area (Å²) < 4.78 is 5.45. The fourth-order valence-electron chi connectivity index (χ4n) is 2.23. The molecule has 4 nitrogen and oxygen atoms in total. The molecule has 0 saturated carbocycles. The molecule has 1 N–H and O–H groups in total. The minimum atomic E-state index is -0.0781. The summed E-state index contributed by atoms with van der Waals surface area (Å²) in [4.78, 5) is 14.0. The van der Waals surface area contributed by atoms with Crippen LogP contribution in [-0.4, -0.2) is 31.0 Å². The van der Waals surface area contributed by atoms with Crippen molar-refractivity contribution in [2.75, 3.05) is 25.5 Å². The normalized spacial score (nSPS) is 10.5. The number of hydrogen-bond donors (Lipinski definition) is 1. The first-order valence-corrected chi connectivity index (χ1v) is 8.01. The number of likely N-dealkylation sites (N-methyl/N-ethyl adjacent to an activating group) is 1. The average molecular weight is 345 g/mol. The number of nitrogens with one attached hydrogen (secondary N) is 1. The molecule has 24 heavy (non-hydrogen) atoms. The highest BCUT2D eigenvalue weighted by molar-refractivity contribution is 6.30. The number of carbonyl (C=O) groups excluding carboxylic acids is 1. The molecule has 0 saturated heterocycles. The number of ether oxygens (including phenoxy) is 1. The Kier molecular flexibility index (Phi) is 6.85. The van der Waals surface area contributed by atoms with E-state index in [2.05, 4.69) is 11.9 Å². The predicted molar refractivity (Wildman–Crippen MR) is 98.5 cm³/mol. The second-order valence-electron chi connectivity index (χ2n) is 5.47. The molecular weight excluding hydrogens is 324 g/mol. The summed E-state index contributed by atoms with van der Waals surface area (Å²) in [6, 6.07) is 14.9. The SMILES string of the molecule is C=CCOc1ccc(CN(C)CC(=O)Nc2cccc(Cl)c2)cc1. The molecule has 0 heterocycles. The molecule has 0 fully saturated rings. The Morgan fingerprint density at radius 3 is 2.71 bits per heavy atom. The highest BCUT2D eigenvalue weighted by atomic mass is 35.5. The lowest BCUT2D eigenvalue weighted by molar-refractivity contribution is -0.117. The summed E-state index contributed by atoms with van der Waals surface area (Å²) in [5.74, 6) is 0.728. The number of nitrogens with zero attached hydrogens (tertiary/aromatic N) is 1.